The van der Waals surface area contributed by atoms with Crippen molar-refractivity contribution in [1.29, 1.82) is 0 Å². The summed E-state index contributed by atoms with van der Waals surface area (Å²) in [6, 6.07) is 0.460. The van der Waals surface area contributed by atoms with Crippen molar-refractivity contribution in [3.63, 3.8) is 0 Å². The van der Waals surface area contributed by atoms with Crippen LogP contribution in [0.15, 0.2) is 0 Å². The molecule has 3 aliphatic rings. The normalized spacial score (nSPS) is 39.6. The molecule has 0 saturated heterocycles. The number of hydrogen-bond acceptors (Lipinski definition) is 3. The van der Waals surface area contributed by atoms with Gasteiger partial charge in [-0.2, -0.15) is 0 Å². The molecule has 2 bridgehead atoms. The molecule has 0 aromatic rings. The predicted molar refractivity (Wildman–Crippen MR) is 64.1 cm³/mol. The van der Waals surface area contributed by atoms with Crippen LogP contribution in [-0.4, -0.2) is 41.1 Å². The quantitative estimate of drug-likeness (QED) is 0.742. The fraction of sp³-hybridized carbons (Fsp3) is 0.923. The van der Waals surface area contributed by atoms with Gasteiger partial charge in [-0.15, -0.1) is 0 Å². The van der Waals surface area contributed by atoms with Crippen molar-refractivity contribution in [3.8, 4) is 0 Å². The van der Waals surface area contributed by atoms with E-state index in [0.29, 0.717) is 24.4 Å². The molecule has 0 radical (unpaired) electrons. The van der Waals surface area contributed by atoms with Gasteiger partial charge in [-0.25, -0.2) is 0 Å². The zero-order valence-corrected chi connectivity index (χ0v) is 10.2. The number of nitrogens with two attached hydrogens (primary N) is 1. The van der Waals surface area contributed by atoms with Gasteiger partial charge >= 0.3 is 0 Å². The van der Waals surface area contributed by atoms with E-state index in [1.165, 1.54) is 12.8 Å². The fourth-order valence-electron chi connectivity index (χ4n) is 3.86. The SMILES string of the molecule is NC1C2CCC(C2)C1C(=O)N(CCO)C1CC1. The molecule has 3 saturated carbocycles. The summed E-state index contributed by atoms with van der Waals surface area (Å²) in [4.78, 5) is 14.4. The van der Waals surface area contributed by atoms with Gasteiger partial charge in [0.2, 0.25) is 5.91 Å². The third-order valence-electron chi connectivity index (χ3n) is 4.88. The molecule has 0 aromatic heterocycles. The Morgan fingerprint density at radius 1 is 1.24 bits per heavy atom. The second-order valence-corrected chi connectivity index (χ2v) is 5.92. The lowest BCUT2D eigenvalue weighted by molar-refractivity contribution is -0.138. The van der Waals surface area contributed by atoms with Crippen LogP contribution >= 0.6 is 0 Å². The first kappa shape index (κ1) is 11.5. The minimum absolute atomic E-state index is 0.0425. The summed E-state index contributed by atoms with van der Waals surface area (Å²) in [5, 5.41) is 9.08. The summed E-state index contributed by atoms with van der Waals surface area (Å²) in [5.74, 6) is 1.36. The number of aliphatic hydroxyl groups excluding tert-OH is 1. The third kappa shape index (κ3) is 1.87. The molecular formula is C13H22N2O2. The van der Waals surface area contributed by atoms with Gasteiger partial charge in [0.15, 0.2) is 0 Å². The van der Waals surface area contributed by atoms with Crippen molar-refractivity contribution in [2.45, 2.75) is 44.2 Å². The molecule has 3 aliphatic carbocycles. The van der Waals surface area contributed by atoms with E-state index in [0.717, 1.165) is 19.3 Å². The molecule has 4 heteroatoms. The Balaban J connectivity index is 1.72. The molecule has 3 fully saturated rings. The Bertz CT molecular complexity index is 315. The fourth-order valence-corrected chi connectivity index (χ4v) is 3.86. The van der Waals surface area contributed by atoms with Gasteiger partial charge in [0.1, 0.15) is 0 Å². The molecule has 4 nitrogen and oxygen atoms in total. The number of nitrogens with zero attached hydrogens (tertiary/aromatic N) is 1. The van der Waals surface area contributed by atoms with Crippen molar-refractivity contribution >= 4 is 5.91 Å². The van der Waals surface area contributed by atoms with Crippen molar-refractivity contribution in [2.75, 3.05) is 13.2 Å². The summed E-state index contributed by atoms with van der Waals surface area (Å²) in [6.07, 6.45) is 5.73. The molecule has 4 unspecified atom stereocenters. The Kier molecular flexibility index (Phi) is 2.87. The summed E-state index contributed by atoms with van der Waals surface area (Å²) >= 11 is 0. The van der Waals surface area contributed by atoms with Crippen LogP contribution in [0.25, 0.3) is 0 Å². The Morgan fingerprint density at radius 3 is 2.47 bits per heavy atom. The van der Waals surface area contributed by atoms with Gasteiger partial charge in [-0.3, -0.25) is 4.79 Å². The molecule has 3 rings (SSSR count). The van der Waals surface area contributed by atoms with Gasteiger partial charge in [0.25, 0.3) is 0 Å². The maximum absolute atomic E-state index is 12.6. The second-order valence-electron chi connectivity index (χ2n) is 5.92. The van der Waals surface area contributed by atoms with Crippen LogP contribution in [0.3, 0.4) is 0 Å². The average molecular weight is 238 g/mol. The third-order valence-corrected chi connectivity index (χ3v) is 4.88. The number of carbonyl (C=O) groups excluding carboxylic acids is 1. The Labute approximate surface area is 102 Å². The van der Waals surface area contributed by atoms with Gasteiger partial charge < -0.3 is 15.7 Å². The van der Waals surface area contributed by atoms with Crippen molar-refractivity contribution in [1.82, 2.24) is 4.90 Å². The Hall–Kier alpha value is -0.610. The lowest BCUT2D eigenvalue weighted by Gasteiger charge is -2.32. The van der Waals surface area contributed by atoms with E-state index >= 15 is 0 Å². The molecular weight excluding hydrogens is 216 g/mol. The maximum atomic E-state index is 12.6. The second kappa shape index (κ2) is 4.25. The Morgan fingerprint density at radius 2 is 1.94 bits per heavy atom. The van der Waals surface area contributed by atoms with E-state index in [1.807, 2.05) is 4.90 Å². The van der Waals surface area contributed by atoms with E-state index in [-0.39, 0.29) is 24.5 Å². The van der Waals surface area contributed by atoms with Crippen LogP contribution in [0.5, 0.6) is 0 Å². The number of hydrogen-bond donors (Lipinski definition) is 2. The van der Waals surface area contributed by atoms with Crippen molar-refractivity contribution in [3.05, 3.63) is 0 Å². The topological polar surface area (TPSA) is 66.6 Å². The standard InChI is InChI=1S/C13H22N2O2/c14-12-9-2-1-8(7-9)11(12)13(17)15(5-6-16)10-3-4-10/h8-12,16H,1-7,14H2. The van der Waals surface area contributed by atoms with Crippen LogP contribution in [0.1, 0.15) is 32.1 Å². The molecule has 3 N–H and O–H groups in total. The number of fused-ring (bicyclic) bond motifs is 2. The minimum atomic E-state index is 0.0425. The highest BCUT2D eigenvalue weighted by Crippen LogP contribution is 2.48. The van der Waals surface area contributed by atoms with Gasteiger partial charge in [0, 0.05) is 18.6 Å². The van der Waals surface area contributed by atoms with E-state index in [1.54, 1.807) is 0 Å². The summed E-state index contributed by atoms with van der Waals surface area (Å²) < 4.78 is 0. The monoisotopic (exact) mass is 238 g/mol. The lowest BCUT2D eigenvalue weighted by Crippen LogP contribution is -2.48. The average Bonchev–Trinajstić information content (AvgIpc) is 2.97. The molecule has 96 valence electrons. The molecule has 0 spiro atoms. The van der Waals surface area contributed by atoms with Crippen LogP contribution in [0, 0.1) is 17.8 Å². The lowest BCUT2D eigenvalue weighted by atomic mass is 9.84. The van der Waals surface area contributed by atoms with Crippen molar-refractivity contribution in [2.24, 2.45) is 23.5 Å². The van der Waals surface area contributed by atoms with E-state index in [4.69, 9.17) is 10.8 Å². The minimum Gasteiger partial charge on any atom is -0.395 e. The van der Waals surface area contributed by atoms with Gasteiger partial charge in [-0.05, 0) is 43.9 Å². The van der Waals surface area contributed by atoms with Crippen molar-refractivity contribution < 1.29 is 9.90 Å². The van der Waals surface area contributed by atoms with E-state index in [2.05, 4.69) is 0 Å². The number of carbonyl (C=O) groups is 1. The zero-order valence-electron chi connectivity index (χ0n) is 10.2. The smallest absolute Gasteiger partial charge is 0.227 e. The summed E-state index contributed by atoms with van der Waals surface area (Å²) in [6.45, 7) is 0.558. The first-order valence-electron chi connectivity index (χ1n) is 6.89. The molecule has 17 heavy (non-hydrogen) atoms. The van der Waals surface area contributed by atoms with Crippen LogP contribution in [0.4, 0.5) is 0 Å². The number of amides is 1. The summed E-state index contributed by atoms with van der Waals surface area (Å²) in [5.41, 5.74) is 6.21. The van der Waals surface area contributed by atoms with Crippen LogP contribution in [-0.2, 0) is 4.79 Å². The van der Waals surface area contributed by atoms with Crippen LogP contribution < -0.4 is 5.73 Å². The number of aliphatic hydroxyl groups is 1. The predicted octanol–water partition coefficient (Wildman–Crippen LogP) is 0.343. The molecule has 0 heterocycles. The molecule has 4 atom stereocenters. The van der Waals surface area contributed by atoms with Gasteiger partial charge in [0.05, 0.1) is 12.5 Å². The maximum Gasteiger partial charge on any atom is 0.227 e. The highest BCUT2D eigenvalue weighted by atomic mass is 16.3. The summed E-state index contributed by atoms with van der Waals surface area (Å²) in [7, 11) is 0. The highest BCUT2D eigenvalue weighted by Gasteiger charge is 2.51. The van der Waals surface area contributed by atoms with Gasteiger partial charge in [-0.1, -0.05) is 0 Å². The molecule has 0 aromatic carbocycles. The highest BCUT2D eigenvalue weighted by molar-refractivity contribution is 5.81. The zero-order chi connectivity index (χ0) is 12.0. The van der Waals surface area contributed by atoms with E-state index < -0.39 is 0 Å². The van der Waals surface area contributed by atoms with Crippen LogP contribution in [0.2, 0.25) is 0 Å². The largest absolute Gasteiger partial charge is 0.395 e. The number of rotatable bonds is 4. The first-order chi connectivity index (χ1) is 8.22. The van der Waals surface area contributed by atoms with E-state index in [9.17, 15) is 4.79 Å². The first-order valence-corrected chi connectivity index (χ1v) is 6.89. The molecule has 0 aliphatic heterocycles. The molecule has 1 amide bonds.